The number of nitrogens with one attached hydrogen (secondary N) is 1. The molecule has 1 atom stereocenters. The number of halogens is 1. The van der Waals surface area contributed by atoms with Crippen LogP contribution in [0.2, 0.25) is 0 Å². The fourth-order valence-corrected chi connectivity index (χ4v) is 6.20. The number of hydrogen-bond donors (Lipinski definition) is 1. The summed E-state index contributed by atoms with van der Waals surface area (Å²) in [5.41, 5.74) is 2.29. The van der Waals surface area contributed by atoms with Crippen molar-refractivity contribution in [1.29, 1.82) is 0 Å². The fraction of sp³-hybridized carbons (Fsp3) is 0.310. The maximum atomic E-state index is 13.9. The highest BCUT2D eigenvalue weighted by Gasteiger charge is 2.32. The Morgan fingerprint density at radius 3 is 2.28 bits per heavy atom. The Morgan fingerprint density at radius 1 is 1.03 bits per heavy atom. The van der Waals surface area contributed by atoms with Gasteiger partial charge in [-0.3, -0.25) is 13.9 Å². The van der Waals surface area contributed by atoms with E-state index in [1.807, 2.05) is 37.3 Å². The molecule has 0 aromatic heterocycles. The molecule has 0 spiro atoms. The Bertz CT molecular complexity index is 1380. The first-order chi connectivity index (χ1) is 18.6. The minimum atomic E-state index is -4.17. The van der Waals surface area contributed by atoms with E-state index >= 15 is 0 Å². The molecule has 0 bridgehead atoms. The Kier molecular flexibility index (Phi) is 10.5. The molecule has 0 aliphatic carbocycles. The lowest BCUT2D eigenvalue weighted by atomic mass is 10.1. The minimum Gasteiger partial charge on any atom is -0.496 e. The molecule has 0 saturated heterocycles. The van der Waals surface area contributed by atoms with E-state index in [1.54, 1.807) is 44.2 Å². The van der Waals surface area contributed by atoms with Crippen molar-refractivity contribution >= 4 is 43.5 Å². The third kappa shape index (κ3) is 7.60. The summed E-state index contributed by atoms with van der Waals surface area (Å²) in [6, 6.07) is 20.2. The highest BCUT2D eigenvalue weighted by atomic mass is 79.9. The van der Waals surface area contributed by atoms with Crippen molar-refractivity contribution in [2.75, 3.05) is 31.0 Å². The zero-order chi connectivity index (χ0) is 28.6. The first-order valence-corrected chi connectivity index (χ1v) is 14.9. The lowest BCUT2D eigenvalue weighted by Crippen LogP contribution is -2.52. The number of rotatable bonds is 12. The van der Waals surface area contributed by atoms with Crippen LogP contribution in [-0.4, -0.2) is 57.9 Å². The Hall–Kier alpha value is -3.37. The average Bonchev–Trinajstić information content (AvgIpc) is 2.92. The Labute approximate surface area is 239 Å². The summed E-state index contributed by atoms with van der Waals surface area (Å²) in [6.07, 6.45) is 0.513. The monoisotopic (exact) mass is 615 g/mol. The molecule has 208 valence electrons. The smallest absolute Gasteiger partial charge is 0.264 e. The van der Waals surface area contributed by atoms with E-state index in [1.165, 1.54) is 24.1 Å². The van der Waals surface area contributed by atoms with E-state index in [4.69, 9.17) is 4.74 Å². The molecular formula is C29H34BrN3O5S. The second-order valence-corrected chi connectivity index (χ2v) is 11.8. The van der Waals surface area contributed by atoms with Crippen LogP contribution in [0.15, 0.2) is 82.2 Å². The Balaban J connectivity index is 1.99. The van der Waals surface area contributed by atoms with E-state index in [0.29, 0.717) is 28.9 Å². The van der Waals surface area contributed by atoms with Gasteiger partial charge in [-0.1, -0.05) is 48.0 Å². The summed E-state index contributed by atoms with van der Waals surface area (Å²) < 4.78 is 34.7. The number of aryl methyl sites for hydroxylation is 1. The summed E-state index contributed by atoms with van der Waals surface area (Å²) in [5.74, 6) is -0.307. The maximum Gasteiger partial charge on any atom is 0.264 e. The Morgan fingerprint density at radius 2 is 1.69 bits per heavy atom. The van der Waals surface area contributed by atoms with Crippen LogP contribution in [0.3, 0.4) is 0 Å². The van der Waals surface area contributed by atoms with Crippen molar-refractivity contribution in [3.05, 3.63) is 88.4 Å². The third-order valence-corrected chi connectivity index (χ3v) is 8.70. The number of carbonyl (C=O) groups excluding carboxylic acids is 2. The molecule has 1 unspecified atom stereocenters. The fourth-order valence-electron chi connectivity index (χ4n) is 4.07. The molecule has 0 fully saturated rings. The van der Waals surface area contributed by atoms with Crippen molar-refractivity contribution in [2.24, 2.45) is 0 Å². The lowest BCUT2D eigenvalue weighted by molar-refractivity contribution is -0.138. The SMILES string of the molecule is CCNC(=O)C(C)N(CCc1ccccc1)C(=O)CN(c1ccc(C)cc1)S(=O)(=O)c1ccc(OC)c(Br)c1. The molecule has 3 rings (SSSR count). The van der Waals surface area contributed by atoms with E-state index < -0.39 is 28.5 Å². The summed E-state index contributed by atoms with van der Waals surface area (Å²) >= 11 is 3.35. The lowest BCUT2D eigenvalue weighted by Gasteiger charge is -2.32. The van der Waals surface area contributed by atoms with Crippen LogP contribution in [0.25, 0.3) is 0 Å². The van der Waals surface area contributed by atoms with Gasteiger partial charge >= 0.3 is 0 Å². The summed E-state index contributed by atoms with van der Waals surface area (Å²) in [5, 5.41) is 2.76. The van der Waals surface area contributed by atoms with Gasteiger partial charge in [0.25, 0.3) is 10.0 Å². The van der Waals surface area contributed by atoms with E-state index in [-0.39, 0.29) is 17.3 Å². The largest absolute Gasteiger partial charge is 0.496 e. The van der Waals surface area contributed by atoms with Crippen molar-refractivity contribution in [1.82, 2.24) is 10.2 Å². The zero-order valence-electron chi connectivity index (χ0n) is 22.6. The van der Waals surface area contributed by atoms with Gasteiger partial charge in [-0.2, -0.15) is 0 Å². The number of hydrogen-bond acceptors (Lipinski definition) is 5. The molecular weight excluding hydrogens is 582 g/mol. The van der Waals surface area contributed by atoms with Gasteiger partial charge < -0.3 is 15.0 Å². The molecule has 0 aliphatic heterocycles. The van der Waals surface area contributed by atoms with Crippen molar-refractivity contribution in [3.63, 3.8) is 0 Å². The second kappa shape index (κ2) is 13.6. The van der Waals surface area contributed by atoms with Gasteiger partial charge in [0.2, 0.25) is 11.8 Å². The topological polar surface area (TPSA) is 96.0 Å². The summed E-state index contributed by atoms with van der Waals surface area (Å²) in [7, 11) is -2.68. The molecule has 39 heavy (non-hydrogen) atoms. The van der Waals surface area contributed by atoms with Crippen LogP contribution >= 0.6 is 15.9 Å². The number of carbonyl (C=O) groups is 2. The van der Waals surface area contributed by atoms with Gasteiger partial charge in [-0.25, -0.2) is 8.42 Å². The number of ether oxygens (including phenoxy) is 1. The van der Waals surface area contributed by atoms with Gasteiger partial charge in [0.15, 0.2) is 0 Å². The minimum absolute atomic E-state index is 0.00356. The van der Waals surface area contributed by atoms with Crippen LogP contribution in [0.1, 0.15) is 25.0 Å². The molecule has 0 aliphatic rings. The molecule has 10 heteroatoms. The number of likely N-dealkylation sites (N-methyl/N-ethyl adjacent to an activating group) is 1. The molecule has 2 amide bonds. The number of nitrogens with zero attached hydrogens (tertiary/aromatic N) is 2. The van der Waals surface area contributed by atoms with Gasteiger partial charge in [-0.05, 0) is 79.0 Å². The predicted molar refractivity (Wildman–Crippen MR) is 156 cm³/mol. The van der Waals surface area contributed by atoms with Crippen LogP contribution in [0.4, 0.5) is 5.69 Å². The van der Waals surface area contributed by atoms with Crippen LogP contribution < -0.4 is 14.4 Å². The van der Waals surface area contributed by atoms with Gasteiger partial charge in [0.1, 0.15) is 18.3 Å². The number of anilines is 1. The zero-order valence-corrected chi connectivity index (χ0v) is 25.0. The molecule has 3 aromatic carbocycles. The van der Waals surface area contributed by atoms with Gasteiger partial charge in [0.05, 0.1) is 22.2 Å². The highest BCUT2D eigenvalue weighted by Crippen LogP contribution is 2.31. The quantitative estimate of drug-likeness (QED) is 0.322. The van der Waals surface area contributed by atoms with Crippen LogP contribution in [0.5, 0.6) is 5.75 Å². The first kappa shape index (κ1) is 30.2. The van der Waals surface area contributed by atoms with Crippen LogP contribution in [-0.2, 0) is 26.0 Å². The first-order valence-electron chi connectivity index (χ1n) is 12.6. The van der Waals surface area contributed by atoms with Crippen LogP contribution in [0, 0.1) is 6.92 Å². The van der Waals surface area contributed by atoms with E-state index in [0.717, 1.165) is 15.4 Å². The van der Waals surface area contributed by atoms with Gasteiger partial charge in [-0.15, -0.1) is 0 Å². The van der Waals surface area contributed by atoms with E-state index in [9.17, 15) is 18.0 Å². The number of amides is 2. The summed E-state index contributed by atoms with van der Waals surface area (Å²) in [6.45, 7) is 5.54. The molecule has 0 saturated carbocycles. The molecule has 0 radical (unpaired) electrons. The number of methoxy groups -OCH3 is 1. The maximum absolute atomic E-state index is 13.9. The van der Waals surface area contributed by atoms with Crippen molar-refractivity contribution in [2.45, 2.75) is 38.1 Å². The molecule has 0 heterocycles. The third-order valence-electron chi connectivity index (χ3n) is 6.31. The normalized spacial score (nSPS) is 11.9. The van der Waals surface area contributed by atoms with Crippen molar-refractivity contribution < 1.29 is 22.7 Å². The standard InChI is InChI=1S/C29H34BrN3O5S/c1-5-31-29(35)22(3)32(18-17-23-9-7-6-8-10-23)28(34)20-33(24-13-11-21(2)12-14-24)39(36,37)25-15-16-27(38-4)26(30)19-25/h6-16,19,22H,5,17-18,20H2,1-4H3,(H,31,35). The highest BCUT2D eigenvalue weighted by molar-refractivity contribution is 9.10. The molecule has 1 N–H and O–H groups in total. The molecule has 8 nitrogen and oxygen atoms in total. The predicted octanol–water partition coefficient (Wildman–Crippen LogP) is 4.56. The second-order valence-electron chi connectivity index (χ2n) is 9.04. The number of sulfonamides is 1. The van der Waals surface area contributed by atoms with E-state index in [2.05, 4.69) is 21.2 Å². The summed E-state index contributed by atoms with van der Waals surface area (Å²) in [4.78, 5) is 28.0. The van der Waals surface area contributed by atoms with Crippen molar-refractivity contribution in [3.8, 4) is 5.75 Å². The average molecular weight is 617 g/mol. The van der Waals surface area contributed by atoms with Gasteiger partial charge in [0, 0.05) is 13.1 Å². The number of benzene rings is 3. The molecule has 3 aromatic rings.